The second kappa shape index (κ2) is 8.22. The van der Waals surface area contributed by atoms with E-state index in [1.54, 1.807) is 0 Å². The normalized spacial score (nSPS) is 10.9. The third kappa shape index (κ3) is 3.75. The van der Waals surface area contributed by atoms with Gasteiger partial charge in [-0.05, 0) is 12.5 Å². The third-order valence-electron chi connectivity index (χ3n) is 4.24. The van der Waals surface area contributed by atoms with E-state index in [4.69, 9.17) is 4.52 Å². The summed E-state index contributed by atoms with van der Waals surface area (Å²) in [7, 11) is 0. The maximum absolute atomic E-state index is 5.43. The predicted octanol–water partition coefficient (Wildman–Crippen LogP) is 4.78. The molecular weight excluding hydrogens is 370 g/mol. The zero-order valence-electron chi connectivity index (χ0n) is 15.4. The second-order valence-corrected chi connectivity index (χ2v) is 7.13. The van der Waals surface area contributed by atoms with Crippen molar-refractivity contribution in [3.05, 3.63) is 78.7 Å². The first-order chi connectivity index (χ1) is 13.8. The predicted molar refractivity (Wildman–Crippen MR) is 110 cm³/mol. The van der Waals surface area contributed by atoms with Gasteiger partial charge < -0.3 is 4.52 Å². The second-order valence-electron chi connectivity index (χ2n) is 6.19. The van der Waals surface area contributed by atoms with E-state index in [9.17, 15) is 0 Å². The number of benzene rings is 2. The molecule has 0 atom stereocenters. The maximum atomic E-state index is 5.43. The standard InChI is InChI=1S/C21H19N5OS/c1-3-13-26-20(16-10-5-4-6-11-16)23-24-21(26)28-14-18-22-19(25-27-18)17-12-8-7-9-15(17)2/h3-12H,1,13-14H2,2H3. The lowest BCUT2D eigenvalue weighted by Gasteiger charge is -2.06. The van der Waals surface area contributed by atoms with Gasteiger partial charge in [-0.1, -0.05) is 77.6 Å². The minimum absolute atomic E-state index is 0.517. The zero-order chi connectivity index (χ0) is 19.3. The molecule has 6 nitrogen and oxygen atoms in total. The van der Waals surface area contributed by atoms with Crippen LogP contribution < -0.4 is 0 Å². The molecule has 140 valence electrons. The Kier molecular flexibility index (Phi) is 5.34. The van der Waals surface area contributed by atoms with E-state index >= 15 is 0 Å². The molecule has 2 aromatic carbocycles. The number of hydrogen-bond donors (Lipinski definition) is 0. The Balaban J connectivity index is 1.54. The summed E-state index contributed by atoms with van der Waals surface area (Å²) in [6.45, 7) is 6.50. The van der Waals surface area contributed by atoms with Gasteiger partial charge in [0, 0.05) is 17.7 Å². The number of hydrogen-bond acceptors (Lipinski definition) is 6. The maximum Gasteiger partial charge on any atom is 0.237 e. The summed E-state index contributed by atoms with van der Waals surface area (Å²) >= 11 is 1.51. The number of allylic oxidation sites excluding steroid dienone is 1. The molecule has 2 aromatic heterocycles. The molecule has 0 aliphatic rings. The number of aromatic nitrogens is 5. The van der Waals surface area contributed by atoms with E-state index in [2.05, 4.69) is 26.9 Å². The number of aryl methyl sites for hydroxylation is 1. The van der Waals surface area contributed by atoms with Gasteiger partial charge in [-0.2, -0.15) is 4.98 Å². The Morgan fingerprint density at radius 2 is 1.86 bits per heavy atom. The lowest BCUT2D eigenvalue weighted by molar-refractivity contribution is 0.391. The van der Waals surface area contributed by atoms with Gasteiger partial charge in [-0.3, -0.25) is 4.57 Å². The van der Waals surface area contributed by atoms with Crippen LogP contribution in [0, 0.1) is 6.92 Å². The molecule has 0 amide bonds. The number of thioether (sulfide) groups is 1. The highest BCUT2D eigenvalue weighted by Gasteiger charge is 2.16. The fraction of sp³-hybridized carbons (Fsp3) is 0.143. The van der Waals surface area contributed by atoms with Crippen molar-refractivity contribution < 1.29 is 4.52 Å². The van der Waals surface area contributed by atoms with Crippen molar-refractivity contribution in [2.75, 3.05) is 0 Å². The molecule has 0 N–H and O–H groups in total. The van der Waals surface area contributed by atoms with E-state index in [1.807, 2.05) is 72.2 Å². The highest BCUT2D eigenvalue weighted by molar-refractivity contribution is 7.98. The van der Waals surface area contributed by atoms with Crippen molar-refractivity contribution in [2.45, 2.75) is 24.4 Å². The van der Waals surface area contributed by atoms with Crippen LogP contribution in [0.1, 0.15) is 11.5 Å². The van der Waals surface area contributed by atoms with Crippen LogP contribution in [0.3, 0.4) is 0 Å². The van der Waals surface area contributed by atoms with Crippen molar-refractivity contribution >= 4 is 11.8 Å². The quantitative estimate of drug-likeness (QED) is 0.335. The highest BCUT2D eigenvalue weighted by atomic mass is 32.2. The van der Waals surface area contributed by atoms with Crippen molar-refractivity contribution in [3.63, 3.8) is 0 Å². The van der Waals surface area contributed by atoms with Gasteiger partial charge in [0.05, 0.1) is 5.75 Å². The highest BCUT2D eigenvalue weighted by Crippen LogP contribution is 2.27. The summed E-state index contributed by atoms with van der Waals surface area (Å²) in [5.74, 6) is 2.49. The van der Waals surface area contributed by atoms with Gasteiger partial charge in [-0.25, -0.2) is 0 Å². The summed E-state index contributed by atoms with van der Waals surface area (Å²) in [6, 6.07) is 18.0. The molecule has 2 heterocycles. The minimum atomic E-state index is 0.517. The van der Waals surface area contributed by atoms with Gasteiger partial charge >= 0.3 is 0 Å². The molecule has 0 aliphatic heterocycles. The molecule has 28 heavy (non-hydrogen) atoms. The minimum Gasteiger partial charge on any atom is -0.338 e. The van der Waals surface area contributed by atoms with Crippen LogP contribution in [0.2, 0.25) is 0 Å². The van der Waals surface area contributed by atoms with Crippen LogP contribution in [-0.4, -0.2) is 24.9 Å². The first kappa shape index (κ1) is 18.2. The summed E-state index contributed by atoms with van der Waals surface area (Å²) in [5, 5.41) is 13.6. The molecule has 0 spiro atoms. The number of rotatable bonds is 7. The monoisotopic (exact) mass is 389 g/mol. The average molecular weight is 389 g/mol. The fourth-order valence-corrected chi connectivity index (χ4v) is 3.65. The van der Waals surface area contributed by atoms with Crippen LogP contribution >= 0.6 is 11.8 Å². The molecular formula is C21H19N5OS. The van der Waals surface area contributed by atoms with Gasteiger partial charge in [0.2, 0.25) is 11.7 Å². The molecule has 7 heteroatoms. The van der Waals surface area contributed by atoms with Crippen LogP contribution in [0.15, 0.2) is 76.9 Å². The molecule has 0 bridgehead atoms. The Morgan fingerprint density at radius 1 is 1.07 bits per heavy atom. The Morgan fingerprint density at radius 3 is 2.64 bits per heavy atom. The van der Waals surface area contributed by atoms with Crippen molar-refractivity contribution in [2.24, 2.45) is 0 Å². The summed E-state index contributed by atoms with van der Waals surface area (Å²) in [4.78, 5) is 4.52. The van der Waals surface area contributed by atoms with E-state index in [0.29, 0.717) is 24.0 Å². The van der Waals surface area contributed by atoms with Crippen LogP contribution in [-0.2, 0) is 12.3 Å². The average Bonchev–Trinajstić information content (AvgIpc) is 3.35. The van der Waals surface area contributed by atoms with Gasteiger partial charge in [0.15, 0.2) is 11.0 Å². The van der Waals surface area contributed by atoms with Gasteiger partial charge in [-0.15, -0.1) is 16.8 Å². The zero-order valence-corrected chi connectivity index (χ0v) is 16.3. The van der Waals surface area contributed by atoms with Gasteiger partial charge in [0.1, 0.15) is 0 Å². The van der Waals surface area contributed by atoms with Crippen LogP contribution in [0.5, 0.6) is 0 Å². The summed E-state index contributed by atoms with van der Waals surface area (Å²) < 4.78 is 7.46. The smallest absolute Gasteiger partial charge is 0.237 e. The molecule has 0 radical (unpaired) electrons. The molecule has 0 saturated carbocycles. The summed E-state index contributed by atoms with van der Waals surface area (Å²) in [6.07, 6.45) is 1.84. The Labute approximate surface area is 167 Å². The molecule has 0 saturated heterocycles. The lowest BCUT2D eigenvalue weighted by atomic mass is 10.1. The van der Waals surface area contributed by atoms with Crippen LogP contribution in [0.4, 0.5) is 0 Å². The molecule has 4 aromatic rings. The largest absolute Gasteiger partial charge is 0.338 e. The molecule has 0 unspecified atom stereocenters. The molecule has 0 fully saturated rings. The lowest BCUT2D eigenvalue weighted by Crippen LogP contribution is -2.00. The number of nitrogens with zero attached hydrogens (tertiary/aromatic N) is 5. The Hall–Kier alpha value is -3.19. The van der Waals surface area contributed by atoms with E-state index in [-0.39, 0.29) is 0 Å². The van der Waals surface area contributed by atoms with Crippen molar-refractivity contribution in [1.29, 1.82) is 0 Å². The molecule has 0 aliphatic carbocycles. The Bertz CT molecular complexity index is 1090. The SMILES string of the molecule is C=CCn1c(SCc2nc(-c3ccccc3C)no2)nnc1-c1ccccc1. The first-order valence-electron chi connectivity index (χ1n) is 8.87. The van der Waals surface area contributed by atoms with Crippen molar-refractivity contribution in [1.82, 2.24) is 24.9 Å². The van der Waals surface area contributed by atoms with Gasteiger partial charge in [0.25, 0.3) is 0 Å². The first-order valence-corrected chi connectivity index (χ1v) is 9.85. The van der Waals surface area contributed by atoms with Crippen molar-refractivity contribution in [3.8, 4) is 22.8 Å². The van der Waals surface area contributed by atoms with E-state index in [0.717, 1.165) is 27.7 Å². The summed E-state index contributed by atoms with van der Waals surface area (Å²) in [5.41, 5.74) is 3.10. The van der Waals surface area contributed by atoms with E-state index in [1.165, 1.54) is 11.8 Å². The van der Waals surface area contributed by atoms with E-state index < -0.39 is 0 Å². The molecule has 4 rings (SSSR count). The fourth-order valence-electron chi connectivity index (χ4n) is 2.86. The third-order valence-corrected chi connectivity index (χ3v) is 5.19. The van der Waals surface area contributed by atoms with Crippen LogP contribution in [0.25, 0.3) is 22.8 Å². The topological polar surface area (TPSA) is 69.6 Å².